The fraction of sp³-hybridized carbons (Fsp3) is 0.467. The predicted octanol–water partition coefficient (Wildman–Crippen LogP) is 1.73. The van der Waals surface area contributed by atoms with E-state index in [1.54, 1.807) is 12.4 Å². The predicted molar refractivity (Wildman–Crippen MR) is 79.1 cm³/mol. The summed E-state index contributed by atoms with van der Waals surface area (Å²) in [5, 5.41) is 16.9. The Morgan fingerprint density at radius 3 is 2.80 bits per heavy atom. The third kappa shape index (κ3) is 3.88. The quantitative estimate of drug-likeness (QED) is 0.807. The Bertz CT molecular complexity index is 524. The molecule has 0 radical (unpaired) electrons. The lowest BCUT2D eigenvalue weighted by Gasteiger charge is -2.12. The maximum absolute atomic E-state index is 8.85. The molecule has 0 bridgehead atoms. The largest absolute Gasteiger partial charge is 0.396 e. The molecule has 108 valence electrons. The number of hydrogen-bond acceptors (Lipinski definition) is 4. The van der Waals surface area contributed by atoms with Crippen molar-refractivity contribution in [3.63, 3.8) is 0 Å². The maximum atomic E-state index is 8.85. The van der Waals surface area contributed by atoms with E-state index in [4.69, 9.17) is 5.11 Å². The minimum atomic E-state index is 0.251. The molecule has 5 nitrogen and oxygen atoms in total. The molecule has 20 heavy (non-hydrogen) atoms. The van der Waals surface area contributed by atoms with Crippen LogP contribution in [0.5, 0.6) is 0 Å². The Morgan fingerprint density at radius 2 is 2.10 bits per heavy atom. The first-order chi connectivity index (χ1) is 9.70. The first kappa shape index (κ1) is 14.7. The number of aliphatic hydroxyl groups excluding tert-OH is 1. The Labute approximate surface area is 119 Å². The van der Waals surface area contributed by atoms with Crippen molar-refractivity contribution in [3.8, 4) is 11.3 Å². The van der Waals surface area contributed by atoms with Crippen molar-refractivity contribution in [1.82, 2.24) is 20.1 Å². The summed E-state index contributed by atoms with van der Waals surface area (Å²) < 4.78 is 1.84. The zero-order chi connectivity index (χ0) is 14.4. The highest BCUT2D eigenvalue weighted by Gasteiger charge is 2.11. The van der Waals surface area contributed by atoms with Gasteiger partial charge in [0.25, 0.3) is 0 Å². The highest BCUT2D eigenvalue weighted by molar-refractivity contribution is 5.61. The van der Waals surface area contributed by atoms with Gasteiger partial charge in [-0.05, 0) is 31.9 Å². The summed E-state index contributed by atoms with van der Waals surface area (Å²) in [6.07, 6.45) is 7.41. The Hall–Kier alpha value is -1.72. The number of nitrogens with zero attached hydrogens (tertiary/aromatic N) is 3. The average molecular weight is 274 g/mol. The minimum absolute atomic E-state index is 0.251. The van der Waals surface area contributed by atoms with Crippen molar-refractivity contribution in [1.29, 1.82) is 0 Å². The van der Waals surface area contributed by atoms with Crippen molar-refractivity contribution in [2.45, 2.75) is 32.4 Å². The molecule has 0 aliphatic rings. The Morgan fingerprint density at radius 1 is 1.35 bits per heavy atom. The van der Waals surface area contributed by atoms with E-state index in [2.05, 4.69) is 22.3 Å². The van der Waals surface area contributed by atoms with E-state index < -0.39 is 0 Å². The number of nitrogens with one attached hydrogen (secondary N) is 1. The Balaban J connectivity index is 2.05. The molecule has 2 N–H and O–H groups in total. The van der Waals surface area contributed by atoms with Crippen LogP contribution in [-0.2, 0) is 13.6 Å². The Kier molecular flexibility index (Phi) is 5.26. The van der Waals surface area contributed by atoms with Gasteiger partial charge in [0, 0.05) is 56.0 Å². The number of aliphatic hydroxyl groups is 1. The summed E-state index contributed by atoms with van der Waals surface area (Å²) in [6.45, 7) is 3.16. The molecule has 2 aromatic rings. The molecule has 1 unspecified atom stereocenters. The van der Waals surface area contributed by atoms with Gasteiger partial charge in [0.2, 0.25) is 0 Å². The van der Waals surface area contributed by atoms with Crippen LogP contribution >= 0.6 is 0 Å². The van der Waals surface area contributed by atoms with E-state index in [1.165, 1.54) is 5.56 Å². The van der Waals surface area contributed by atoms with Gasteiger partial charge in [0.05, 0.1) is 5.69 Å². The minimum Gasteiger partial charge on any atom is -0.396 e. The van der Waals surface area contributed by atoms with Gasteiger partial charge in [-0.3, -0.25) is 9.67 Å². The third-order valence-electron chi connectivity index (χ3n) is 3.29. The summed E-state index contributed by atoms with van der Waals surface area (Å²) >= 11 is 0. The highest BCUT2D eigenvalue weighted by Crippen LogP contribution is 2.21. The second-order valence-electron chi connectivity index (χ2n) is 5.06. The van der Waals surface area contributed by atoms with Gasteiger partial charge in [0.1, 0.15) is 0 Å². The van der Waals surface area contributed by atoms with Gasteiger partial charge in [0.15, 0.2) is 0 Å². The van der Waals surface area contributed by atoms with E-state index in [1.807, 2.05) is 30.1 Å². The topological polar surface area (TPSA) is 63.0 Å². The summed E-state index contributed by atoms with van der Waals surface area (Å²) in [5.41, 5.74) is 3.26. The standard InChI is InChI=1S/C15H22N4O/c1-12(4-3-9-20)17-10-14-11-19(2)18-15(14)13-5-7-16-8-6-13/h5-8,11-12,17,20H,3-4,9-10H2,1-2H3. The molecule has 2 heterocycles. The van der Waals surface area contributed by atoms with E-state index >= 15 is 0 Å². The van der Waals surface area contributed by atoms with Crippen molar-refractivity contribution >= 4 is 0 Å². The normalized spacial score (nSPS) is 12.6. The molecular formula is C15H22N4O. The van der Waals surface area contributed by atoms with Crippen molar-refractivity contribution < 1.29 is 5.11 Å². The van der Waals surface area contributed by atoms with Crippen LogP contribution in [0.2, 0.25) is 0 Å². The summed E-state index contributed by atoms with van der Waals surface area (Å²) in [7, 11) is 1.93. The lowest BCUT2D eigenvalue weighted by Crippen LogP contribution is -2.25. The van der Waals surface area contributed by atoms with Crippen LogP contribution in [0.4, 0.5) is 0 Å². The number of pyridine rings is 1. The molecule has 0 saturated heterocycles. The van der Waals surface area contributed by atoms with Crippen LogP contribution in [0.3, 0.4) is 0 Å². The lowest BCUT2D eigenvalue weighted by molar-refractivity contribution is 0.276. The van der Waals surface area contributed by atoms with Crippen LogP contribution in [0, 0.1) is 0 Å². The summed E-state index contributed by atoms with van der Waals surface area (Å²) in [5.74, 6) is 0. The van der Waals surface area contributed by atoms with Crippen molar-refractivity contribution in [2.24, 2.45) is 7.05 Å². The van der Waals surface area contributed by atoms with Crippen LogP contribution in [0.25, 0.3) is 11.3 Å². The molecule has 2 aromatic heterocycles. The van der Waals surface area contributed by atoms with E-state index in [-0.39, 0.29) is 6.61 Å². The van der Waals surface area contributed by atoms with Crippen LogP contribution in [0.1, 0.15) is 25.3 Å². The van der Waals surface area contributed by atoms with Crippen LogP contribution in [0.15, 0.2) is 30.7 Å². The SMILES string of the molecule is CC(CCCO)NCc1cn(C)nc1-c1ccncc1. The molecular weight excluding hydrogens is 252 g/mol. The lowest BCUT2D eigenvalue weighted by atomic mass is 10.1. The van der Waals surface area contributed by atoms with E-state index in [9.17, 15) is 0 Å². The second-order valence-corrected chi connectivity index (χ2v) is 5.06. The zero-order valence-corrected chi connectivity index (χ0v) is 12.1. The number of aryl methyl sites for hydroxylation is 1. The smallest absolute Gasteiger partial charge is 0.0969 e. The van der Waals surface area contributed by atoms with E-state index in [0.29, 0.717) is 6.04 Å². The molecule has 0 saturated carbocycles. The summed E-state index contributed by atoms with van der Waals surface area (Å²) in [4.78, 5) is 4.04. The van der Waals surface area contributed by atoms with Gasteiger partial charge in [-0.15, -0.1) is 0 Å². The van der Waals surface area contributed by atoms with Gasteiger partial charge in [-0.1, -0.05) is 0 Å². The molecule has 0 fully saturated rings. The third-order valence-corrected chi connectivity index (χ3v) is 3.29. The number of rotatable bonds is 7. The van der Waals surface area contributed by atoms with Gasteiger partial charge in [-0.25, -0.2) is 0 Å². The molecule has 0 aliphatic carbocycles. The molecule has 0 amide bonds. The molecule has 1 atom stereocenters. The fourth-order valence-electron chi connectivity index (χ4n) is 2.20. The van der Waals surface area contributed by atoms with Gasteiger partial charge < -0.3 is 10.4 Å². The number of aromatic nitrogens is 3. The monoisotopic (exact) mass is 274 g/mol. The molecule has 0 aromatic carbocycles. The number of hydrogen-bond donors (Lipinski definition) is 2. The van der Waals surface area contributed by atoms with Crippen LogP contribution in [-0.4, -0.2) is 32.5 Å². The molecule has 5 heteroatoms. The van der Waals surface area contributed by atoms with Crippen molar-refractivity contribution in [3.05, 3.63) is 36.3 Å². The van der Waals surface area contributed by atoms with Gasteiger partial charge >= 0.3 is 0 Å². The first-order valence-corrected chi connectivity index (χ1v) is 6.98. The molecule has 2 rings (SSSR count). The zero-order valence-electron chi connectivity index (χ0n) is 12.1. The fourth-order valence-corrected chi connectivity index (χ4v) is 2.20. The highest BCUT2D eigenvalue weighted by atomic mass is 16.2. The maximum Gasteiger partial charge on any atom is 0.0969 e. The van der Waals surface area contributed by atoms with E-state index in [0.717, 1.165) is 30.6 Å². The first-order valence-electron chi connectivity index (χ1n) is 6.98. The average Bonchev–Trinajstić information content (AvgIpc) is 2.85. The van der Waals surface area contributed by atoms with Crippen molar-refractivity contribution in [2.75, 3.05) is 6.61 Å². The summed E-state index contributed by atoms with van der Waals surface area (Å²) in [6, 6.07) is 4.33. The second kappa shape index (κ2) is 7.17. The molecule has 0 aliphatic heterocycles. The molecule has 0 spiro atoms. The van der Waals surface area contributed by atoms with Gasteiger partial charge in [-0.2, -0.15) is 5.10 Å². The van der Waals surface area contributed by atoms with Crippen LogP contribution < -0.4 is 5.32 Å².